The Kier molecular flexibility index (Phi) is 8.43. The van der Waals surface area contributed by atoms with Gasteiger partial charge >= 0.3 is 0 Å². The monoisotopic (exact) mass is 465 g/mol. The Balaban J connectivity index is 0.00000264. The van der Waals surface area contributed by atoms with Crippen molar-refractivity contribution in [1.29, 1.82) is 0 Å². The van der Waals surface area contributed by atoms with E-state index >= 15 is 0 Å². The molecule has 0 saturated carbocycles. The van der Waals surface area contributed by atoms with E-state index in [9.17, 15) is 0 Å². The fourth-order valence-electron chi connectivity index (χ4n) is 1.72. The number of benzene rings is 1. The zero-order valence-corrected chi connectivity index (χ0v) is 16.4. The van der Waals surface area contributed by atoms with E-state index in [-0.39, 0.29) is 24.0 Å². The second kappa shape index (κ2) is 9.79. The van der Waals surface area contributed by atoms with Gasteiger partial charge in [0.1, 0.15) is 5.82 Å². The van der Waals surface area contributed by atoms with E-state index in [0.29, 0.717) is 34.9 Å². The molecule has 0 bridgehead atoms. The molecular weight excluding hydrogens is 448 g/mol. The summed E-state index contributed by atoms with van der Waals surface area (Å²) in [4.78, 5) is 8.33. The topological polar surface area (TPSA) is 75.3 Å². The summed E-state index contributed by atoms with van der Waals surface area (Å²) in [7, 11) is 0. The molecule has 0 aliphatic rings. The quantitative estimate of drug-likeness (QED) is 0.268. The normalized spacial score (nSPS) is 10.8. The average Bonchev–Trinajstić information content (AvgIpc) is 2.48. The summed E-state index contributed by atoms with van der Waals surface area (Å²) in [5, 5.41) is 7.08. The predicted octanol–water partition coefficient (Wildman–Crippen LogP) is 4.15. The smallest absolute Gasteiger partial charge is 0.193 e. The minimum atomic E-state index is 0. The molecule has 23 heavy (non-hydrogen) atoms. The van der Waals surface area contributed by atoms with E-state index in [1.807, 2.05) is 31.2 Å². The van der Waals surface area contributed by atoms with Crippen LogP contribution in [-0.2, 0) is 0 Å². The lowest BCUT2D eigenvalue weighted by atomic mass is 10.2. The van der Waals surface area contributed by atoms with Crippen molar-refractivity contribution >= 4 is 64.6 Å². The number of halogens is 3. The standard InChI is InChI=1S/C15H17Cl2N5.HI/c1-10-2-4-12(5-3-10)22-15(18)20-7-6-19-14-13(17)8-11(16)9-21-14;/h2-5,8-9H,6-7H2,1H3,(H,19,21)(H3,18,20,22);1H. The van der Waals surface area contributed by atoms with Gasteiger partial charge in [-0.3, -0.25) is 4.99 Å². The highest BCUT2D eigenvalue weighted by Gasteiger charge is 2.01. The maximum atomic E-state index is 6.01. The predicted molar refractivity (Wildman–Crippen MR) is 109 cm³/mol. The third kappa shape index (κ3) is 6.80. The van der Waals surface area contributed by atoms with Gasteiger partial charge in [0.2, 0.25) is 0 Å². The zero-order chi connectivity index (χ0) is 15.9. The molecule has 0 fully saturated rings. The first-order chi connectivity index (χ1) is 10.5. The highest BCUT2D eigenvalue weighted by molar-refractivity contribution is 14.0. The van der Waals surface area contributed by atoms with Crippen molar-refractivity contribution in [3.63, 3.8) is 0 Å². The molecule has 0 atom stereocenters. The lowest BCUT2D eigenvalue weighted by molar-refractivity contribution is 1.01. The number of hydrogen-bond acceptors (Lipinski definition) is 3. The molecule has 0 saturated heterocycles. The van der Waals surface area contributed by atoms with Gasteiger partial charge in [-0.2, -0.15) is 0 Å². The van der Waals surface area contributed by atoms with Crippen LogP contribution in [0.4, 0.5) is 11.5 Å². The number of hydrogen-bond donors (Lipinski definition) is 3. The lowest BCUT2D eigenvalue weighted by Crippen LogP contribution is -2.23. The number of anilines is 2. The lowest BCUT2D eigenvalue weighted by Gasteiger charge is -2.07. The van der Waals surface area contributed by atoms with Crippen molar-refractivity contribution in [2.24, 2.45) is 10.7 Å². The summed E-state index contributed by atoms with van der Waals surface area (Å²) in [6, 6.07) is 9.55. The molecule has 0 unspecified atom stereocenters. The van der Waals surface area contributed by atoms with Gasteiger partial charge in [-0.05, 0) is 25.1 Å². The molecule has 5 nitrogen and oxygen atoms in total. The fraction of sp³-hybridized carbons (Fsp3) is 0.200. The molecule has 1 aromatic heterocycles. The van der Waals surface area contributed by atoms with Gasteiger partial charge in [0, 0.05) is 18.4 Å². The first-order valence-electron chi connectivity index (χ1n) is 6.73. The van der Waals surface area contributed by atoms with Crippen molar-refractivity contribution in [3.8, 4) is 0 Å². The van der Waals surface area contributed by atoms with Gasteiger partial charge < -0.3 is 16.4 Å². The highest BCUT2D eigenvalue weighted by atomic mass is 127. The Hall–Kier alpha value is -1.25. The fourth-order valence-corrected chi connectivity index (χ4v) is 2.17. The van der Waals surface area contributed by atoms with Crippen LogP contribution in [0.25, 0.3) is 0 Å². The first-order valence-corrected chi connectivity index (χ1v) is 7.49. The molecule has 2 aromatic rings. The molecule has 1 aromatic carbocycles. The van der Waals surface area contributed by atoms with Gasteiger partial charge in [0.15, 0.2) is 5.96 Å². The van der Waals surface area contributed by atoms with Crippen LogP contribution in [0.15, 0.2) is 41.5 Å². The summed E-state index contributed by atoms with van der Waals surface area (Å²) < 4.78 is 0. The van der Waals surface area contributed by atoms with E-state index in [4.69, 9.17) is 28.9 Å². The highest BCUT2D eigenvalue weighted by Crippen LogP contribution is 2.22. The van der Waals surface area contributed by atoms with Crippen LogP contribution in [0.3, 0.4) is 0 Å². The summed E-state index contributed by atoms with van der Waals surface area (Å²) >= 11 is 11.8. The summed E-state index contributed by atoms with van der Waals surface area (Å²) in [5.41, 5.74) is 7.92. The molecule has 2 rings (SSSR count). The zero-order valence-electron chi connectivity index (χ0n) is 12.5. The van der Waals surface area contributed by atoms with Crippen LogP contribution in [0.2, 0.25) is 10.0 Å². The van der Waals surface area contributed by atoms with E-state index < -0.39 is 0 Å². The number of nitrogens with one attached hydrogen (secondary N) is 2. The minimum absolute atomic E-state index is 0. The molecule has 0 aliphatic carbocycles. The molecule has 0 amide bonds. The van der Waals surface area contributed by atoms with Crippen LogP contribution in [0, 0.1) is 6.92 Å². The second-order valence-electron chi connectivity index (χ2n) is 4.67. The molecule has 0 aliphatic heterocycles. The van der Waals surface area contributed by atoms with Gasteiger partial charge in [0.05, 0.1) is 16.6 Å². The second-order valence-corrected chi connectivity index (χ2v) is 5.51. The summed E-state index contributed by atoms with van der Waals surface area (Å²) in [6.45, 7) is 3.08. The Bertz CT molecular complexity index is 661. The number of nitrogens with zero attached hydrogens (tertiary/aromatic N) is 2. The first kappa shape index (κ1) is 19.8. The SMILES string of the molecule is Cc1ccc(NC(N)=NCCNc2ncc(Cl)cc2Cl)cc1.I. The van der Waals surface area contributed by atoms with Gasteiger partial charge in [-0.25, -0.2) is 4.98 Å². The van der Waals surface area contributed by atoms with Gasteiger partial charge in [-0.1, -0.05) is 40.9 Å². The van der Waals surface area contributed by atoms with Crippen molar-refractivity contribution in [2.45, 2.75) is 6.92 Å². The van der Waals surface area contributed by atoms with Crippen molar-refractivity contribution in [2.75, 3.05) is 23.7 Å². The van der Waals surface area contributed by atoms with Crippen LogP contribution < -0.4 is 16.4 Å². The third-order valence-electron chi connectivity index (χ3n) is 2.82. The third-order valence-corrected chi connectivity index (χ3v) is 3.31. The molecule has 4 N–H and O–H groups in total. The largest absolute Gasteiger partial charge is 0.370 e. The molecule has 0 spiro atoms. The van der Waals surface area contributed by atoms with E-state index in [2.05, 4.69) is 20.6 Å². The molecule has 0 radical (unpaired) electrons. The van der Waals surface area contributed by atoms with Crippen LogP contribution >= 0.6 is 47.2 Å². The number of aryl methyl sites for hydroxylation is 1. The summed E-state index contributed by atoms with van der Waals surface area (Å²) in [5.74, 6) is 0.937. The molecule has 1 heterocycles. The Morgan fingerprint density at radius 3 is 2.61 bits per heavy atom. The number of aromatic nitrogens is 1. The Labute approximate surface area is 162 Å². The van der Waals surface area contributed by atoms with Crippen molar-refractivity contribution in [1.82, 2.24) is 4.98 Å². The number of guanidine groups is 1. The maximum absolute atomic E-state index is 6.01. The van der Waals surface area contributed by atoms with E-state index in [1.54, 1.807) is 6.07 Å². The van der Waals surface area contributed by atoms with E-state index in [1.165, 1.54) is 11.8 Å². The number of pyridine rings is 1. The van der Waals surface area contributed by atoms with Crippen LogP contribution in [0.1, 0.15) is 5.56 Å². The average molecular weight is 466 g/mol. The molecular formula is C15H18Cl2IN5. The Morgan fingerprint density at radius 2 is 1.96 bits per heavy atom. The van der Waals surface area contributed by atoms with Crippen LogP contribution in [0.5, 0.6) is 0 Å². The molecule has 8 heteroatoms. The van der Waals surface area contributed by atoms with Gasteiger partial charge in [-0.15, -0.1) is 24.0 Å². The van der Waals surface area contributed by atoms with Crippen molar-refractivity contribution < 1.29 is 0 Å². The Morgan fingerprint density at radius 1 is 1.26 bits per heavy atom. The van der Waals surface area contributed by atoms with Gasteiger partial charge in [0.25, 0.3) is 0 Å². The van der Waals surface area contributed by atoms with Crippen LogP contribution in [-0.4, -0.2) is 24.0 Å². The summed E-state index contributed by atoms with van der Waals surface area (Å²) in [6.07, 6.45) is 1.53. The minimum Gasteiger partial charge on any atom is -0.370 e. The number of aliphatic imine (C=N–C) groups is 1. The van der Waals surface area contributed by atoms with Crippen molar-refractivity contribution in [3.05, 3.63) is 52.1 Å². The number of rotatable bonds is 5. The number of nitrogens with two attached hydrogens (primary N) is 1. The maximum Gasteiger partial charge on any atom is 0.193 e. The van der Waals surface area contributed by atoms with E-state index in [0.717, 1.165) is 5.69 Å². The molecule has 124 valence electrons.